The summed E-state index contributed by atoms with van der Waals surface area (Å²) in [6, 6.07) is 4.73. The third kappa shape index (κ3) is 3.78. The van der Waals surface area contributed by atoms with E-state index in [2.05, 4.69) is 36.7 Å². The summed E-state index contributed by atoms with van der Waals surface area (Å²) in [5.41, 5.74) is 0. The van der Waals surface area contributed by atoms with Gasteiger partial charge in [-0.05, 0) is 18.4 Å². The Morgan fingerprint density at radius 3 is 2.86 bits per heavy atom. The number of hydrogen-bond acceptors (Lipinski definition) is 3. The lowest BCUT2D eigenvalue weighted by atomic mass is 10.1. The highest BCUT2D eigenvalue weighted by atomic mass is 32.1. The second-order valence-corrected chi connectivity index (χ2v) is 4.66. The van der Waals surface area contributed by atoms with E-state index < -0.39 is 0 Å². The SMILES string of the molecule is COC[C@@H](C)NC[C@@H](C)c1cccs1. The number of thiophene rings is 1. The van der Waals surface area contributed by atoms with E-state index in [1.165, 1.54) is 4.88 Å². The van der Waals surface area contributed by atoms with Crippen molar-refractivity contribution in [3.63, 3.8) is 0 Å². The molecule has 1 rings (SSSR count). The van der Waals surface area contributed by atoms with Gasteiger partial charge in [-0.1, -0.05) is 13.0 Å². The van der Waals surface area contributed by atoms with E-state index in [-0.39, 0.29) is 0 Å². The normalized spacial score (nSPS) is 15.4. The summed E-state index contributed by atoms with van der Waals surface area (Å²) in [5.74, 6) is 0.592. The molecule has 80 valence electrons. The average Bonchev–Trinajstić information content (AvgIpc) is 2.67. The molecule has 0 aliphatic heterocycles. The highest BCUT2D eigenvalue weighted by Gasteiger charge is 2.07. The summed E-state index contributed by atoms with van der Waals surface area (Å²) < 4.78 is 5.07. The third-order valence-corrected chi connectivity index (χ3v) is 3.32. The van der Waals surface area contributed by atoms with Gasteiger partial charge in [-0.15, -0.1) is 11.3 Å². The van der Waals surface area contributed by atoms with Gasteiger partial charge in [0.1, 0.15) is 0 Å². The zero-order chi connectivity index (χ0) is 10.4. The maximum absolute atomic E-state index is 5.07. The zero-order valence-corrected chi connectivity index (χ0v) is 9.93. The Morgan fingerprint density at radius 1 is 1.50 bits per heavy atom. The first-order valence-corrected chi connectivity index (χ1v) is 5.87. The summed E-state index contributed by atoms with van der Waals surface area (Å²) in [6.07, 6.45) is 0. The van der Waals surface area contributed by atoms with E-state index in [1.54, 1.807) is 7.11 Å². The molecule has 0 amide bonds. The fourth-order valence-corrected chi connectivity index (χ4v) is 2.15. The molecule has 2 nitrogen and oxygen atoms in total. The van der Waals surface area contributed by atoms with Crippen molar-refractivity contribution in [3.05, 3.63) is 22.4 Å². The molecule has 0 aliphatic rings. The van der Waals surface area contributed by atoms with Crippen LogP contribution in [-0.2, 0) is 4.74 Å². The lowest BCUT2D eigenvalue weighted by Gasteiger charge is -2.16. The summed E-state index contributed by atoms with van der Waals surface area (Å²) in [4.78, 5) is 1.45. The van der Waals surface area contributed by atoms with Crippen molar-refractivity contribution in [2.24, 2.45) is 0 Å². The first kappa shape index (κ1) is 11.7. The zero-order valence-electron chi connectivity index (χ0n) is 9.12. The molecule has 1 heterocycles. The van der Waals surface area contributed by atoms with Crippen LogP contribution in [0.15, 0.2) is 17.5 Å². The van der Waals surface area contributed by atoms with Crippen LogP contribution in [0.2, 0.25) is 0 Å². The quantitative estimate of drug-likeness (QED) is 0.784. The largest absolute Gasteiger partial charge is 0.383 e. The summed E-state index contributed by atoms with van der Waals surface area (Å²) in [7, 11) is 1.74. The van der Waals surface area contributed by atoms with Gasteiger partial charge in [0.15, 0.2) is 0 Å². The third-order valence-electron chi connectivity index (χ3n) is 2.22. The fourth-order valence-electron chi connectivity index (χ4n) is 1.36. The second-order valence-electron chi connectivity index (χ2n) is 3.68. The highest BCUT2D eigenvalue weighted by molar-refractivity contribution is 7.10. The van der Waals surface area contributed by atoms with Crippen LogP contribution < -0.4 is 5.32 Å². The first-order valence-electron chi connectivity index (χ1n) is 4.99. The first-order chi connectivity index (χ1) is 6.74. The van der Waals surface area contributed by atoms with Crippen molar-refractivity contribution in [3.8, 4) is 0 Å². The predicted molar refractivity (Wildman–Crippen MR) is 62.1 cm³/mol. The molecule has 1 aromatic rings. The van der Waals surface area contributed by atoms with Crippen LogP contribution in [-0.4, -0.2) is 26.3 Å². The Bertz CT molecular complexity index is 235. The molecule has 3 heteroatoms. The van der Waals surface area contributed by atoms with Crippen molar-refractivity contribution in [1.82, 2.24) is 5.32 Å². The average molecular weight is 213 g/mol. The molecular weight excluding hydrogens is 194 g/mol. The maximum atomic E-state index is 5.07. The lowest BCUT2D eigenvalue weighted by Crippen LogP contribution is -2.32. The van der Waals surface area contributed by atoms with Crippen molar-refractivity contribution >= 4 is 11.3 Å². The van der Waals surface area contributed by atoms with Crippen LogP contribution in [0.25, 0.3) is 0 Å². The minimum absolute atomic E-state index is 0.433. The number of methoxy groups -OCH3 is 1. The van der Waals surface area contributed by atoms with E-state index in [0.717, 1.165) is 13.2 Å². The van der Waals surface area contributed by atoms with E-state index in [1.807, 2.05) is 11.3 Å². The van der Waals surface area contributed by atoms with Gasteiger partial charge < -0.3 is 10.1 Å². The number of rotatable bonds is 6. The molecule has 1 N–H and O–H groups in total. The molecule has 1 aromatic heterocycles. The Kier molecular flexibility index (Phi) is 5.15. The molecule has 0 radical (unpaired) electrons. The number of hydrogen-bond donors (Lipinski definition) is 1. The van der Waals surface area contributed by atoms with Gasteiger partial charge in [0.25, 0.3) is 0 Å². The Hall–Kier alpha value is -0.380. The second kappa shape index (κ2) is 6.17. The van der Waals surface area contributed by atoms with Crippen LogP contribution in [0.5, 0.6) is 0 Å². The summed E-state index contributed by atoms with van der Waals surface area (Å²) >= 11 is 1.82. The molecule has 2 atom stereocenters. The summed E-state index contributed by atoms with van der Waals surface area (Å²) in [6.45, 7) is 6.19. The van der Waals surface area contributed by atoms with Crippen LogP contribution in [0.4, 0.5) is 0 Å². The van der Waals surface area contributed by atoms with E-state index in [0.29, 0.717) is 12.0 Å². The van der Waals surface area contributed by atoms with Crippen molar-refractivity contribution < 1.29 is 4.74 Å². The van der Waals surface area contributed by atoms with Gasteiger partial charge in [-0.3, -0.25) is 0 Å². The van der Waals surface area contributed by atoms with Crippen LogP contribution in [0.3, 0.4) is 0 Å². The molecule has 0 aromatic carbocycles. The predicted octanol–water partition coefficient (Wildman–Crippen LogP) is 2.48. The van der Waals surface area contributed by atoms with Crippen LogP contribution in [0.1, 0.15) is 24.6 Å². The van der Waals surface area contributed by atoms with E-state index >= 15 is 0 Å². The van der Waals surface area contributed by atoms with E-state index in [9.17, 15) is 0 Å². The van der Waals surface area contributed by atoms with Crippen molar-refractivity contribution in [2.45, 2.75) is 25.8 Å². The standard InChI is InChI=1S/C11H19NOS/c1-9(11-5-4-6-14-11)7-12-10(2)8-13-3/h4-6,9-10,12H,7-8H2,1-3H3/t9-,10-/m1/s1. The number of nitrogens with one attached hydrogen (secondary N) is 1. The Balaban J connectivity index is 2.24. The van der Waals surface area contributed by atoms with Crippen LogP contribution >= 0.6 is 11.3 Å². The molecule has 0 spiro atoms. The molecule has 0 saturated heterocycles. The van der Waals surface area contributed by atoms with Gasteiger partial charge >= 0.3 is 0 Å². The Labute approximate surface area is 90.3 Å². The molecule has 0 saturated carbocycles. The fraction of sp³-hybridized carbons (Fsp3) is 0.636. The van der Waals surface area contributed by atoms with Gasteiger partial charge in [0.05, 0.1) is 6.61 Å². The van der Waals surface area contributed by atoms with Crippen molar-refractivity contribution in [2.75, 3.05) is 20.3 Å². The van der Waals surface area contributed by atoms with Gasteiger partial charge in [-0.2, -0.15) is 0 Å². The Morgan fingerprint density at radius 2 is 2.29 bits per heavy atom. The lowest BCUT2D eigenvalue weighted by molar-refractivity contribution is 0.172. The monoisotopic (exact) mass is 213 g/mol. The number of ether oxygens (including phenoxy) is 1. The summed E-state index contributed by atoms with van der Waals surface area (Å²) in [5, 5.41) is 5.58. The van der Waals surface area contributed by atoms with Gasteiger partial charge in [0, 0.05) is 30.5 Å². The molecule has 0 aliphatic carbocycles. The molecule has 0 unspecified atom stereocenters. The smallest absolute Gasteiger partial charge is 0.0613 e. The molecule has 14 heavy (non-hydrogen) atoms. The van der Waals surface area contributed by atoms with Gasteiger partial charge in [-0.25, -0.2) is 0 Å². The minimum Gasteiger partial charge on any atom is -0.383 e. The van der Waals surface area contributed by atoms with Crippen LogP contribution in [0, 0.1) is 0 Å². The van der Waals surface area contributed by atoms with Crippen molar-refractivity contribution in [1.29, 1.82) is 0 Å². The molecule has 0 bridgehead atoms. The highest BCUT2D eigenvalue weighted by Crippen LogP contribution is 2.19. The van der Waals surface area contributed by atoms with Gasteiger partial charge in [0.2, 0.25) is 0 Å². The maximum Gasteiger partial charge on any atom is 0.0613 e. The molecular formula is C11H19NOS. The topological polar surface area (TPSA) is 21.3 Å². The minimum atomic E-state index is 0.433. The molecule has 0 fully saturated rings. The van der Waals surface area contributed by atoms with E-state index in [4.69, 9.17) is 4.74 Å².